The number of aromatic nitrogens is 2. The Balaban J connectivity index is 2.10. The molecule has 0 unspecified atom stereocenters. The summed E-state index contributed by atoms with van der Waals surface area (Å²) in [6.07, 6.45) is 0. The summed E-state index contributed by atoms with van der Waals surface area (Å²) < 4.78 is 7.33. The van der Waals surface area contributed by atoms with Gasteiger partial charge in [0.05, 0.1) is 17.6 Å². The minimum absolute atomic E-state index is 0.0103. The lowest BCUT2D eigenvalue weighted by Crippen LogP contribution is -2.22. The third-order valence-electron chi connectivity index (χ3n) is 3.95. The number of aryl methyl sites for hydroxylation is 1. The van der Waals surface area contributed by atoms with Crippen LogP contribution in [0.4, 0.5) is 5.69 Å². The Hall–Kier alpha value is -2.67. The number of ether oxygens (including phenoxy) is 1. The average molecular weight is 416 g/mol. The fourth-order valence-corrected chi connectivity index (χ4v) is 3.06. The highest BCUT2D eigenvalue weighted by Crippen LogP contribution is 2.29. The van der Waals surface area contributed by atoms with E-state index in [-0.39, 0.29) is 18.1 Å². The highest BCUT2D eigenvalue weighted by Gasteiger charge is 2.15. The molecule has 1 aromatic heterocycles. The summed E-state index contributed by atoms with van der Waals surface area (Å²) in [5.41, 5.74) is 2.86. The molecule has 0 amide bonds. The van der Waals surface area contributed by atoms with Crippen LogP contribution >= 0.6 is 15.9 Å². The predicted molar refractivity (Wildman–Crippen MR) is 105 cm³/mol. The number of nitrogens with zero attached hydrogens (tertiary/aromatic N) is 2. The summed E-state index contributed by atoms with van der Waals surface area (Å²) in [6, 6.07) is 12.9. The Morgan fingerprint density at radius 1 is 1.27 bits per heavy atom. The zero-order chi connectivity index (χ0) is 18.7. The third-order valence-corrected chi connectivity index (χ3v) is 4.44. The van der Waals surface area contributed by atoms with Crippen LogP contribution in [0.2, 0.25) is 0 Å². The van der Waals surface area contributed by atoms with E-state index in [4.69, 9.17) is 4.74 Å². The summed E-state index contributed by atoms with van der Waals surface area (Å²) in [4.78, 5) is 29.1. The summed E-state index contributed by atoms with van der Waals surface area (Å²) in [5.74, 6) is -0.360. The molecule has 0 saturated carbocycles. The van der Waals surface area contributed by atoms with Crippen molar-refractivity contribution in [1.29, 1.82) is 0 Å². The van der Waals surface area contributed by atoms with Crippen LogP contribution in [0, 0.1) is 0 Å². The van der Waals surface area contributed by atoms with Gasteiger partial charge in [0.2, 0.25) is 0 Å². The monoisotopic (exact) mass is 415 g/mol. The zero-order valence-electron chi connectivity index (χ0n) is 14.5. The van der Waals surface area contributed by atoms with E-state index in [1.54, 1.807) is 24.6 Å². The van der Waals surface area contributed by atoms with Gasteiger partial charge in [-0.3, -0.25) is 9.59 Å². The maximum absolute atomic E-state index is 12.9. The van der Waals surface area contributed by atoms with E-state index in [9.17, 15) is 9.59 Å². The van der Waals surface area contributed by atoms with E-state index in [1.165, 1.54) is 0 Å². The molecule has 0 radical (unpaired) electrons. The molecule has 0 aliphatic rings. The minimum atomic E-state index is -0.360. The van der Waals surface area contributed by atoms with E-state index in [0.29, 0.717) is 23.6 Å². The number of anilines is 1. The molecule has 26 heavy (non-hydrogen) atoms. The molecule has 7 heteroatoms. The molecule has 0 saturated heterocycles. The summed E-state index contributed by atoms with van der Waals surface area (Å²) in [7, 11) is 1.72. The highest BCUT2D eigenvalue weighted by atomic mass is 79.9. The number of fused-ring (bicyclic) bond motifs is 1. The van der Waals surface area contributed by atoms with Gasteiger partial charge in [0, 0.05) is 22.8 Å². The molecule has 0 spiro atoms. The summed E-state index contributed by atoms with van der Waals surface area (Å²) in [5, 5.41) is 3.03. The smallest absolute Gasteiger partial charge is 0.325 e. The number of nitrogens with one attached hydrogen (secondary N) is 1. The number of benzene rings is 2. The molecule has 6 nitrogen and oxygen atoms in total. The number of esters is 1. The van der Waals surface area contributed by atoms with Crippen molar-refractivity contribution in [3.8, 4) is 11.3 Å². The normalized spacial score (nSPS) is 10.7. The van der Waals surface area contributed by atoms with Gasteiger partial charge in [0.15, 0.2) is 0 Å². The van der Waals surface area contributed by atoms with E-state index in [2.05, 4.69) is 26.2 Å². The van der Waals surface area contributed by atoms with Crippen molar-refractivity contribution in [3.05, 3.63) is 57.3 Å². The molecule has 0 aliphatic heterocycles. The molecular weight excluding hydrogens is 398 g/mol. The predicted octanol–water partition coefficient (Wildman–Crippen LogP) is 3.34. The summed E-state index contributed by atoms with van der Waals surface area (Å²) in [6.45, 7) is 2.09. The topological polar surface area (TPSA) is 73.2 Å². The Kier molecular flexibility index (Phi) is 5.37. The fourth-order valence-electron chi connectivity index (χ4n) is 2.70. The molecule has 134 valence electrons. The highest BCUT2D eigenvalue weighted by molar-refractivity contribution is 9.10. The van der Waals surface area contributed by atoms with Crippen molar-refractivity contribution in [2.75, 3.05) is 18.5 Å². The first-order valence-corrected chi connectivity index (χ1v) is 8.95. The van der Waals surface area contributed by atoms with Crippen LogP contribution in [-0.2, 0) is 16.6 Å². The third kappa shape index (κ3) is 3.62. The molecule has 0 aliphatic carbocycles. The van der Waals surface area contributed by atoms with Gasteiger partial charge in [-0.2, -0.15) is 0 Å². The van der Waals surface area contributed by atoms with E-state index in [1.807, 2.05) is 36.4 Å². The first kappa shape index (κ1) is 18.1. The zero-order valence-corrected chi connectivity index (χ0v) is 16.0. The van der Waals surface area contributed by atoms with E-state index >= 15 is 0 Å². The Bertz CT molecular complexity index is 1030. The second kappa shape index (κ2) is 7.70. The van der Waals surface area contributed by atoms with Crippen molar-refractivity contribution >= 4 is 38.6 Å². The molecule has 0 atom stereocenters. The SMILES string of the molecule is CCOC(=O)CNc1ccc(Br)cc1-c1nc2ccccc2n(C)c1=O. The second-order valence-electron chi connectivity index (χ2n) is 5.66. The molecule has 1 N–H and O–H groups in total. The number of carbonyl (C=O) groups is 1. The number of para-hydroxylation sites is 2. The lowest BCUT2D eigenvalue weighted by molar-refractivity contribution is -0.140. The fraction of sp³-hybridized carbons (Fsp3) is 0.211. The van der Waals surface area contributed by atoms with Crippen LogP contribution in [0.15, 0.2) is 51.7 Å². The van der Waals surface area contributed by atoms with Gasteiger partial charge < -0.3 is 14.6 Å². The van der Waals surface area contributed by atoms with Gasteiger partial charge in [0.1, 0.15) is 12.2 Å². The number of rotatable bonds is 5. The van der Waals surface area contributed by atoms with Crippen LogP contribution < -0.4 is 10.9 Å². The molecule has 0 fully saturated rings. The number of hydrogen-bond donors (Lipinski definition) is 1. The van der Waals surface area contributed by atoms with Crippen LogP contribution in [0.25, 0.3) is 22.3 Å². The lowest BCUT2D eigenvalue weighted by Gasteiger charge is -2.13. The molecular formula is C19H18BrN3O3. The standard InChI is InChI=1S/C19H18BrN3O3/c1-3-26-17(24)11-21-14-9-8-12(20)10-13(14)18-19(25)23(2)16-7-5-4-6-15(16)22-18/h4-10,21H,3,11H2,1-2H3. The quantitative estimate of drug-likeness (QED) is 0.646. The van der Waals surface area contributed by atoms with Crippen molar-refractivity contribution in [2.24, 2.45) is 7.05 Å². The molecule has 0 bridgehead atoms. The van der Waals surface area contributed by atoms with Crippen molar-refractivity contribution in [3.63, 3.8) is 0 Å². The van der Waals surface area contributed by atoms with Crippen molar-refractivity contribution in [2.45, 2.75) is 6.92 Å². The van der Waals surface area contributed by atoms with Crippen molar-refractivity contribution in [1.82, 2.24) is 9.55 Å². The average Bonchev–Trinajstić information content (AvgIpc) is 2.64. The van der Waals surface area contributed by atoms with Gasteiger partial charge >= 0.3 is 5.97 Å². The van der Waals surface area contributed by atoms with Crippen molar-refractivity contribution < 1.29 is 9.53 Å². The van der Waals surface area contributed by atoms with E-state index < -0.39 is 0 Å². The van der Waals surface area contributed by atoms with Gasteiger partial charge in [0.25, 0.3) is 5.56 Å². The molecule has 2 aromatic carbocycles. The molecule has 3 rings (SSSR count). The van der Waals surface area contributed by atoms with Crippen LogP contribution in [0.5, 0.6) is 0 Å². The first-order chi connectivity index (χ1) is 12.5. The number of halogens is 1. The van der Waals surface area contributed by atoms with Gasteiger partial charge in [-0.25, -0.2) is 4.98 Å². The molecule has 1 heterocycles. The first-order valence-electron chi connectivity index (χ1n) is 8.16. The van der Waals surface area contributed by atoms with Gasteiger partial charge in [-0.1, -0.05) is 28.1 Å². The van der Waals surface area contributed by atoms with Crippen LogP contribution in [0.3, 0.4) is 0 Å². The van der Waals surface area contributed by atoms with Crippen LogP contribution in [-0.4, -0.2) is 28.7 Å². The maximum Gasteiger partial charge on any atom is 0.325 e. The number of hydrogen-bond acceptors (Lipinski definition) is 5. The van der Waals surface area contributed by atoms with Crippen LogP contribution in [0.1, 0.15) is 6.92 Å². The second-order valence-corrected chi connectivity index (χ2v) is 6.58. The number of carbonyl (C=O) groups excluding carboxylic acids is 1. The Morgan fingerprint density at radius 2 is 2.04 bits per heavy atom. The summed E-state index contributed by atoms with van der Waals surface area (Å²) >= 11 is 3.44. The Labute approximate surface area is 158 Å². The van der Waals surface area contributed by atoms with Gasteiger partial charge in [-0.15, -0.1) is 0 Å². The minimum Gasteiger partial charge on any atom is -0.465 e. The maximum atomic E-state index is 12.9. The Morgan fingerprint density at radius 3 is 2.81 bits per heavy atom. The lowest BCUT2D eigenvalue weighted by atomic mass is 10.1. The largest absolute Gasteiger partial charge is 0.465 e. The molecule has 3 aromatic rings. The van der Waals surface area contributed by atoms with Gasteiger partial charge in [-0.05, 0) is 37.3 Å². The van der Waals surface area contributed by atoms with E-state index in [0.717, 1.165) is 15.5 Å².